The van der Waals surface area contributed by atoms with Crippen molar-refractivity contribution in [2.24, 2.45) is 0 Å². The van der Waals surface area contributed by atoms with Gasteiger partial charge in [-0.2, -0.15) is 0 Å². The minimum absolute atomic E-state index is 0.0159. The summed E-state index contributed by atoms with van der Waals surface area (Å²) in [4.78, 5) is 15.0. The Kier molecular flexibility index (Phi) is 6.85. The number of benzene rings is 2. The molecule has 1 heterocycles. The summed E-state index contributed by atoms with van der Waals surface area (Å²) < 4.78 is 5.40. The molecule has 2 aromatic carbocycles. The Bertz CT molecular complexity index is 739. The molecule has 2 aromatic rings. The van der Waals surface area contributed by atoms with Gasteiger partial charge in [0.25, 0.3) is 5.91 Å². The quantitative estimate of drug-likeness (QED) is 0.789. The van der Waals surface area contributed by atoms with Gasteiger partial charge in [0, 0.05) is 44.0 Å². The van der Waals surface area contributed by atoms with Crippen LogP contribution in [0.1, 0.15) is 23.7 Å². The molecule has 1 atom stereocenters. The highest BCUT2D eigenvalue weighted by Crippen LogP contribution is 2.22. The maximum atomic E-state index is 12.5. The second-order valence-electron chi connectivity index (χ2n) is 6.95. The fourth-order valence-electron chi connectivity index (χ4n) is 3.37. The highest BCUT2D eigenvalue weighted by atomic mass is 16.5. The molecule has 1 unspecified atom stereocenters. The van der Waals surface area contributed by atoms with Crippen molar-refractivity contribution in [1.29, 1.82) is 0 Å². The molecule has 0 radical (unpaired) electrons. The molecule has 2 N–H and O–H groups in total. The third-order valence-electron chi connectivity index (χ3n) is 5.15. The fraction of sp³-hybridized carbons (Fsp3) is 0.409. The molecule has 0 aromatic heterocycles. The number of hydrogen-bond acceptors (Lipinski definition) is 4. The van der Waals surface area contributed by atoms with Gasteiger partial charge in [0.1, 0.15) is 0 Å². The lowest BCUT2D eigenvalue weighted by molar-refractivity contribution is 0.0187. The number of rotatable bonds is 7. The van der Waals surface area contributed by atoms with Crippen LogP contribution in [-0.4, -0.2) is 56.7 Å². The van der Waals surface area contributed by atoms with Crippen molar-refractivity contribution >= 4 is 11.6 Å². The number of morpholine rings is 1. The van der Waals surface area contributed by atoms with E-state index in [0.29, 0.717) is 18.2 Å². The van der Waals surface area contributed by atoms with Crippen LogP contribution in [0.2, 0.25) is 0 Å². The van der Waals surface area contributed by atoms with Crippen LogP contribution < -0.4 is 10.6 Å². The molecule has 5 nitrogen and oxygen atoms in total. The van der Waals surface area contributed by atoms with Gasteiger partial charge in [-0.25, -0.2) is 0 Å². The first kappa shape index (κ1) is 19.4. The maximum Gasteiger partial charge on any atom is 0.251 e. The number of anilines is 1. The highest BCUT2D eigenvalue weighted by Gasteiger charge is 2.17. The first-order chi connectivity index (χ1) is 13.2. The summed E-state index contributed by atoms with van der Waals surface area (Å²) in [5, 5.41) is 6.18. The van der Waals surface area contributed by atoms with E-state index in [1.165, 1.54) is 0 Å². The Morgan fingerprint density at radius 1 is 1.11 bits per heavy atom. The second-order valence-corrected chi connectivity index (χ2v) is 6.95. The number of hydrogen-bond donors (Lipinski definition) is 2. The lowest BCUT2D eigenvalue weighted by atomic mass is 10.0. The van der Waals surface area contributed by atoms with E-state index < -0.39 is 0 Å². The van der Waals surface area contributed by atoms with E-state index >= 15 is 0 Å². The number of ether oxygens (including phenoxy) is 1. The number of carbonyl (C=O) groups excluding carboxylic acids is 1. The SMILES string of the molecule is CNc1ccc(-c2cccc(C(=O)NCCC(C)N3CCOCC3)c2)cc1. The Balaban J connectivity index is 1.55. The Morgan fingerprint density at radius 3 is 2.56 bits per heavy atom. The summed E-state index contributed by atoms with van der Waals surface area (Å²) in [7, 11) is 1.90. The van der Waals surface area contributed by atoms with Gasteiger partial charge >= 0.3 is 0 Å². The average molecular weight is 367 g/mol. The molecule has 0 bridgehead atoms. The fourth-order valence-corrected chi connectivity index (χ4v) is 3.37. The van der Waals surface area contributed by atoms with Crippen molar-refractivity contribution in [2.75, 3.05) is 45.2 Å². The van der Waals surface area contributed by atoms with E-state index in [1.807, 2.05) is 43.4 Å². The molecule has 27 heavy (non-hydrogen) atoms. The number of carbonyl (C=O) groups is 1. The van der Waals surface area contributed by atoms with Crippen molar-refractivity contribution in [3.8, 4) is 11.1 Å². The van der Waals surface area contributed by atoms with E-state index in [9.17, 15) is 4.79 Å². The Hall–Kier alpha value is -2.37. The summed E-state index contributed by atoms with van der Waals surface area (Å²) in [6.07, 6.45) is 0.941. The predicted molar refractivity (Wildman–Crippen MR) is 110 cm³/mol. The lowest BCUT2D eigenvalue weighted by Crippen LogP contribution is -2.43. The number of amides is 1. The third-order valence-corrected chi connectivity index (χ3v) is 5.15. The van der Waals surface area contributed by atoms with Crippen LogP contribution in [0.4, 0.5) is 5.69 Å². The molecule has 0 aliphatic carbocycles. The van der Waals surface area contributed by atoms with E-state index in [0.717, 1.165) is 49.5 Å². The van der Waals surface area contributed by atoms with Crippen molar-refractivity contribution in [3.05, 3.63) is 54.1 Å². The van der Waals surface area contributed by atoms with Gasteiger partial charge in [-0.15, -0.1) is 0 Å². The molecule has 1 fully saturated rings. The van der Waals surface area contributed by atoms with Crippen LogP contribution in [0.3, 0.4) is 0 Å². The summed E-state index contributed by atoms with van der Waals surface area (Å²) in [5.41, 5.74) is 3.92. The molecular weight excluding hydrogens is 338 g/mol. The average Bonchev–Trinajstić information content (AvgIpc) is 2.74. The third kappa shape index (κ3) is 5.31. The molecule has 0 spiro atoms. The van der Waals surface area contributed by atoms with Crippen LogP contribution >= 0.6 is 0 Å². The highest BCUT2D eigenvalue weighted by molar-refractivity contribution is 5.95. The van der Waals surface area contributed by atoms with Crippen LogP contribution in [-0.2, 0) is 4.74 Å². The normalized spacial score (nSPS) is 15.9. The molecule has 0 saturated carbocycles. The molecule has 144 valence electrons. The van der Waals surface area contributed by atoms with Crippen molar-refractivity contribution < 1.29 is 9.53 Å². The maximum absolute atomic E-state index is 12.5. The van der Waals surface area contributed by atoms with Gasteiger partial charge < -0.3 is 15.4 Å². The van der Waals surface area contributed by atoms with Crippen LogP contribution in [0, 0.1) is 0 Å². The first-order valence-electron chi connectivity index (χ1n) is 9.65. The monoisotopic (exact) mass is 367 g/mol. The van der Waals surface area contributed by atoms with Crippen LogP contribution in [0.5, 0.6) is 0 Å². The Labute approximate surface area is 161 Å². The minimum Gasteiger partial charge on any atom is -0.388 e. The largest absolute Gasteiger partial charge is 0.388 e. The van der Waals surface area contributed by atoms with E-state index in [1.54, 1.807) is 0 Å². The van der Waals surface area contributed by atoms with Gasteiger partial charge in [0.2, 0.25) is 0 Å². The number of nitrogens with zero attached hydrogens (tertiary/aromatic N) is 1. The van der Waals surface area contributed by atoms with Crippen LogP contribution in [0.25, 0.3) is 11.1 Å². The smallest absolute Gasteiger partial charge is 0.251 e. The molecule has 1 saturated heterocycles. The van der Waals surface area contributed by atoms with Crippen LogP contribution in [0.15, 0.2) is 48.5 Å². The lowest BCUT2D eigenvalue weighted by Gasteiger charge is -2.32. The molecule has 5 heteroatoms. The topological polar surface area (TPSA) is 53.6 Å². The van der Waals surface area contributed by atoms with Crippen molar-refractivity contribution in [2.45, 2.75) is 19.4 Å². The van der Waals surface area contributed by atoms with Gasteiger partial charge in [-0.3, -0.25) is 9.69 Å². The van der Waals surface area contributed by atoms with Crippen molar-refractivity contribution in [3.63, 3.8) is 0 Å². The summed E-state index contributed by atoms with van der Waals surface area (Å²) in [5.74, 6) is -0.0159. The summed E-state index contributed by atoms with van der Waals surface area (Å²) in [6.45, 7) is 6.45. The van der Waals surface area contributed by atoms with E-state index in [2.05, 4.69) is 34.6 Å². The Morgan fingerprint density at radius 2 is 1.85 bits per heavy atom. The summed E-state index contributed by atoms with van der Waals surface area (Å²) in [6, 6.07) is 16.4. The van der Waals surface area contributed by atoms with Gasteiger partial charge in [-0.1, -0.05) is 24.3 Å². The van der Waals surface area contributed by atoms with E-state index in [-0.39, 0.29) is 5.91 Å². The molecule has 3 rings (SSSR count). The molecular formula is C22H29N3O2. The summed E-state index contributed by atoms with van der Waals surface area (Å²) >= 11 is 0. The number of nitrogens with one attached hydrogen (secondary N) is 2. The first-order valence-corrected chi connectivity index (χ1v) is 9.65. The van der Waals surface area contributed by atoms with Gasteiger partial charge in [0.15, 0.2) is 0 Å². The molecule has 1 aliphatic heterocycles. The van der Waals surface area contributed by atoms with Crippen molar-refractivity contribution in [1.82, 2.24) is 10.2 Å². The van der Waals surface area contributed by atoms with E-state index in [4.69, 9.17) is 4.74 Å². The minimum atomic E-state index is -0.0159. The zero-order valence-electron chi connectivity index (χ0n) is 16.2. The molecule has 1 aliphatic rings. The van der Waals surface area contributed by atoms with Gasteiger partial charge in [0.05, 0.1) is 13.2 Å². The molecule has 1 amide bonds. The van der Waals surface area contributed by atoms with Gasteiger partial charge in [-0.05, 0) is 48.7 Å². The standard InChI is InChI=1S/C22H29N3O2/c1-17(25-12-14-27-15-13-25)10-11-24-22(26)20-5-3-4-19(16-20)18-6-8-21(23-2)9-7-18/h3-9,16-17,23H,10-15H2,1-2H3,(H,24,26). The zero-order chi connectivity index (χ0) is 19.1. The zero-order valence-corrected chi connectivity index (χ0v) is 16.2. The predicted octanol–water partition coefficient (Wildman–Crippen LogP) is 3.24. The second kappa shape index (κ2) is 9.53.